The van der Waals surface area contributed by atoms with Gasteiger partial charge < -0.3 is 10.4 Å². The largest absolute Gasteiger partial charge is 0.394 e. The Morgan fingerprint density at radius 1 is 1.32 bits per heavy atom. The van der Waals surface area contributed by atoms with Crippen LogP contribution in [-0.2, 0) is 5.54 Å². The van der Waals surface area contributed by atoms with Crippen molar-refractivity contribution in [3.8, 4) is 0 Å². The molecule has 0 bridgehead atoms. The van der Waals surface area contributed by atoms with Gasteiger partial charge in [0, 0.05) is 6.04 Å². The maximum atomic E-state index is 13.7. The zero-order valence-corrected chi connectivity index (χ0v) is 11.9. The Balaban J connectivity index is 2.17. The van der Waals surface area contributed by atoms with Crippen LogP contribution in [0.2, 0.25) is 0 Å². The van der Waals surface area contributed by atoms with Crippen LogP contribution in [0.15, 0.2) is 18.2 Å². The highest BCUT2D eigenvalue weighted by Gasteiger charge is 2.29. The first-order valence-electron chi connectivity index (χ1n) is 7.20. The van der Waals surface area contributed by atoms with Gasteiger partial charge in [0.2, 0.25) is 0 Å². The van der Waals surface area contributed by atoms with Gasteiger partial charge >= 0.3 is 0 Å². The lowest BCUT2D eigenvalue weighted by molar-refractivity contribution is 0.150. The van der Waals surface area contributed by atoms with Gasteiger partial charge in [-0.25, -0.2) is 4.39 Å². The molecule has 1 aromatic carbocycles. The van der Waals surface area contributed by atoms with E-state index in [9.17, 15) is 9.50 Å². The van der Waals surface area contributed by atoms with E-state index in [0.29, 0.717) is 11.6 Å². The van der Waals surface area contributed by atoms with Crippen molar-refractivity contribution in [2.24, 2.45) is 0 Å². The SMILES string of the molecule is Cc1ccc(C(C)(CO)NC2CCCCC2)cc1F. The molecule has 1 atom stereocenters. The highest BCUT2D eigenvalue weighted by Crippen LogP contribution is 2.26. The van der Waals surface area contributed by atoms with E-state index in [0.717, 1.165) is 18.4 Å². The van der Waals surface area contributed by atoms with Crippen LogP contribution in [0.3, 0.4) is 0 Å². The first kappa shape index (κ1) is 14.5. The second kappa shape index (κ2) is 6.02. The fraction of sp³-hybridized carbons (Fsp3) is 0.625. The molecule has 0 spiro atoms. The maximum absolute atomic E-state index is 13.7. The van der Waals surface area contributed by atoms with Gasteiger partial charge in [0.1, 0.15) is 5.82 Å². The Hall–Kier alpha value is -0.930. The number of nitrogens with one attached hydrogen (secondary N) is 1. The summed E-state index contributed by atoms with van der Waals surface area (Å²) in [7, 11) is 0. The van der Waals surface area contributed by atoms with E-state index in [4.69, 9.17) is 0 Å². The lowest BCUT2D eigenvalue weighted by Crippen LogP contribution is -2.49. The van der Waals surface area contributed by atoms with Gasteiger partial charge in [-0.3, -0.25) is 0 Å². The summed E-state index contributed by atoms with van der Waals surface area (Å²) in [6.45, 7) is 3.68. The van der Waals surface area contributed by atoms with Gasteiger partial charge in [-0.05, 0) is 43.9 Å². The van der Waals surface area contributed by atoms with Crippen LogP contribution in [0.5, 0.6) is 0 Å². The first-order chi connectivity index (χ1) is 9.05. The molecule has 1 aliphatic carbocycles. The number of hydrogen-bond acceptors (Lipinski definition) is 2. The second-order valence-electron chi connectivity index (χ2n) is 5.93. The molecule has 1 fully saturated rings. The molecule has 2 rings (SSSR count). The highest BCUT2D eigenvalue weighted by atomic mass is 19.1. The fourth-order valence-electron chi connectivity index (χ4n) is 2.85. The van der Waals surface area contributed by atoms with Crippen LogP contribution >= 0.6 is 0 Å². The molecule has 1 aliphatic rings. The van der Waals surface area contributed by atoms with Crippen molar-refractivity contribution in [1.82, 2.24) is 5.32 Å². The van der Waals surface area contributed by atoms with Gasteiger partial charge in [-0.15, -0.1) is 0 Å². The molecule has 0 saturated heterocycles. The molecule has 19 heavy (non-hydrogen) atoms. The molecule has 0 aliphatic heterocycles. The van der Waals surface area contributed by atoms with E-state index in [2.05, 4.69) is 5.32 Å². The van der Waals surface area contributed by atoms with Crippen LogP contribution in [0.25, 0.3) is 0 Å². The third-order valence-corrected chi connectivity index (χ3v) is 4.25. The summed E-state index contributed by atoms with van der Waals surface area (Å²) < 4.78 is 13.7. The van der Waals surface area contributed by atoms with E-state index in [1.54, 1.807) is 19.1 Å². The molecule has 0 radical (unpaired) electrons. The molecule has 0 aromatic heterocycles. The predicted molar refractivity (Wildman–Crippen MR) is 75.6 cm³/mol. The smallest absolute Gasteiger partial charge is 0.126 e. The first-order valence-corrected chi connectivity index (χ1v) is 7.20. The average molecular weight is 265 g/mol. The summed E-state index contributed by atoms with van der Waals surface area (Å²) >= 11 is 0. The molecule has 2 nitrogen and oxygen atoms in total. The fourth-order valence-corrected chi connectivity index (χ4v) is 2.85. The Kier molecular flexibility index (Phi) is 4.58. The third kappa shape index (κ3) is 3.34. The molecule has 0 amide bonds. The highest BCUT2D eigenvalue weighted by molar-refractivity contribution is 5.29. The lowest BCUT2D eigenvalue weighted by atomic mass is 9.87. The monoisotopic (exact) mass is 265 g/mol. The second-order valence-corrected chi connectivity index (χ2v) is 5.93. The van der Waals surface area contributed by atoms with Crippen molar-refractivity contribution >= 4 is 0 Å². The molecular weight excluding hydrogens is 241 g/mol. The van der Waals surface area contributed by atoms with Crippen LogP contribution in [-0.4, -0.2) is 17.8 Å². The molecule has 106 valence electrons. The van der Waals surface area contributed by atoms with E-state index in [-0.39, 0.29) is 12.4 Å². The molecule has 1 aromatic rings. The quantitative estimate of drug-likeness (QED) is 0.875. The topological polar surface area (TPSA) is 32.3 Å². The minimum Gasteiger partial charge on any atom is -0.394 e. The maximum Gasteiger partial charge on any atom is 0.126 e. The minimum atomic E-state index is -0.559. The van der Waals surface area contributed by atoms with Gasteiger partial charge in [-0.1, -0.05) is 31.4 Å². The van der Waals surface area contributed by atoms with Crippen molar-refractivity contribution in [2.45, 2.75) is 57.5 Å². The van der Waals surface area contributed by atoms with Crippen molar-refractivity contribution < 1.29 is 9.50 Å². The van der Waals surface area contributed by atoms with Gasteiger partial charge in [0.25, 0.3) is 0 Å². The zero-order valence-electron chi connectivity index (χ0n) is 11.9. The van der Waals surface area contributed by atoms with Crippen molar-refractivity contribution in [3.63, 3.8) is 0 Å². The number of aliphatic hydroxyl groups excluding tert-OH is 1. The number of aryl methyl sites for hydroxylation is 1. The number of benzene rings is 1. The lowest BCUT2D eigenvalue weighted by Gasteiger charge is -2.36. The average Bonchev–Trinajstić information content (AvgIpc) is 2.43. The predicted octanol–water partition coefficient (Wildman–Crippen LogP) is 3.26. The number of aliphatic hydroxyl groups is 1. The van der Waals surface area contributed by atoms with Crippen LogP contribution in [0, 0.1) is 12.7 Å². The Morgan fingerprint density at radius 3 is 2.58 bits per heavy atom. The molecule has 1 saturated carbocycles. The van der Waals surface area contributed by atoms with Gasteiger partial charge in [-0.2, -0.15) is 0 Å². The van der Waals surface area contributed by atoms with E-state index in [1.807, 2.05) is 13.0 Å². The van der Waals surface area contributed by atoms with E-state index in [1.165, 1.54) is 19.3 Å². The molecular formula is C16H24FNO. The number of rotatable bonds is 4. The summed E-state index contributed by atoms with van der Waals surface area (Å²) in [5, 5.41) is 13.3. The van der Waals surface area contributed by atoms with Gasteiger partial charge in [0.15, 0.2) is 0 Å². The summed E-state index contributed by atoms with van der Waals surface area (Å²) in [6, 6.07) is 5.66. The normalized spacial score (nSPS) is 20.2. The third-order valence-electron chi connectivity index (χ3n) is 4.25. The number of halogens is 1. The molecule has 2 N–H and O–H groups in total. The Morgan fingerprint density at radius 2 is 2.00 bits per heavy atom. The summed E-state index contributed by atoms with van der Waals surface area (Å²) in [5.41, 5.74) is 0.904. The summed E-state index contributed by atoms with van der Waals surface area (Å²) in [5.74, 6) is -0.206. The Bertz CT molecular complexity index is 429. The van der Waals surface area contributed by atoms with Gasteiger partial charge in [0.05, 0.1) is 12.1 Å². The Labute approximate surface area is 115 Å². The van der Waals surface area contributed by atoms with Crippen molar-refractivity contribution in [3.05, 3.63) is 35.1 Å². The summed E-state index contributed by atoms with van der Waals surface area (Å²) in [6.07, 6.45) is 6.06. The van der Waals surface area contributed by atoms with E-state index >= 15 is 0 Å². The van der Waals surface area contributed by atoms with Crippen molar-refractivity contribution in [2.75, 3.05) is 6.61 Å². The van der Waals surface area contributed by atoms with Crippen LogP contribution in [0.4, 0.5) is 4.39 Å². The van der Waals surface area contributed by atoms with Crippen LogP contribution in [0.1, 0.15) is 50.2 Å². The zero-order chi connectivity index (χ0) is 13.9. The summed E-state index contributed by atoms with van der Waals surface area (Å²) in [4.78, 5) is 0. The molecule has 0 heterocycles. The van der Waals surface area contributed by atoms with Crippen molar-refractivity contribution in [1.29, 1.82) is 0 Å². The standard InChI is InChI=1S/C16H24FNO/c1-12-8-9-13(10-15(12)17)16(2,11-19)18-14-6-4-3-5-7-14/h8-10,14,18-19H,3-7,11H2,1-2H3. The minimum absolute atomic E-state index is 0.0218. The molecule has 3 heteroatoms. The molecule has 1 unspecified atom stereocenters. The van der Waals surface area contributed by atoms with E-state index < -0.39 is 5.54 Å². The number of hydrogen-bond donors (Lipinski definition) is 2. The van der Waals surface area contributed by atoms with Crippen LogP contribution < -0.4 is 5.32 Å².